The van der Waals surface area contributed by atoms with Gasteiger partial charge in [-0.15, -0.1) is 11.8 Å². The zero-order chi connectivity index (χ0) is 32.5. The van der Waals surface area contributed by atoms with Crippen LogP contribution in [0.25, 0.3) is 16.7 Å². The second kappa shape index (κ2) is 15.5. The Bertz CT molecular complexity index is 1760. The Morgan fingerprint density at radius 1 is 1.00 bits per heavy atom. The fourth-order valence-corrected chi connectivity index (χ4v) is 5.13. The van der Waals surface area contributed by atoms with E-state index in [9.17, 15) is 24.0 Å². The molecule has 0 fully saturated rings. The van der Waals surface area contributed by atoms with Gasteiger partial charge in [-0.25, -0.2) is 14.5 Å². The van der Waals surface area contributed by atoms with Gasteiger partial charge in [0.15, 0.2) is 5.65 Å². The van der Waals surface area contributed by atoms with Crippen LogP contribution < -0.4 is 16.2 Å². The van der Waals surface area contributed by atoms with Gasteiger partial charge in [0.05, 0.1) is 18.9 Å². The van der Waals surface area contributed by atoms with E-state index in [1.54, 1.807) is 18.5 Å². The van der Waals surface area contributed by atoms with Crippen LogP contribution >= 0.6 is 27.7 Å². The summed E-state index contributed by atoms with van der Waals surface area (Å²) in [5.74, 6) is -2.19. The maximum atomic E-state index is 13.4. The van der Waals surface area contributed by atoms with Gasteiger partial charge in [-0.05, 0) is 75.1 Å². The molecule has 13 nitrogen and oxygen atoms in total. The first kappa shape index (κ1) is 33.4. The molecule has 236 valence electrons. The van der Waals surface area contributed by atoms with Gasteiger partial charge in [0.1, 0.15) is 29.3 Å². The molecule has 45 heavy (non-hydrogen) atoms. The van der Waals surface area contributed by atoms with Crippen LogP contribution in [0.2, 0.25) is 0 Å². The van der Waals surface area contributed by atoms with Gasteiger partial charge in [0.2, 0.25) is 5.91 Å². The molecule has 15 heteroatoms. The maximum absolute atomic E-state index is 13.4. The highest BCUT2D eigenvalue weighted by atomic mass is 79.9. The highest BCUT2D eigenvalue weighted by molar-refractivity contribution is 9.10. The first-order chi connectivity index (χ1) is 21.6. The third-order valence-corrected chi connectivity index (χ3v) is 7.65. The average Bonchev–Trinajstić information content (AvgIpc) is 3.41. The number of aromatic nitrogens is 4. The summed E-state index contributed by atoms with van der Waals surface area (Å²) < 4.78 is 13.6. The molecular weight excluding hydrogens is 668 g/mol. The summed E-state index contributed by atoms with van der Waals surface area (Å²) in [6, 6.07) is 12.4. The molecule has 0 bridgehead atoms. The molecule has 2 heterocycles. The minimum absolute atomic E-state index is 0.0149. The number of hydrogen-bond donors (Lipinski definition) is 2. The van der Waals surface area contributed by atoms with Crippen molar-refractivity contribution in [3.8, 4) is 5.69 Å². The van der Waals surface area contributed by atoms with Crippen molar-refractivity contribution >= 4 is 68.2 Å². The summed E-state index contributed by atoms with van der Waals surface area (Å²) in [4.78, 5) is 67.6. The third-order valence-electron chi connectivity index (χ3n) is 6.45. The monoisotopic (exact) mass is 698 g/mol. The van der Waals surface area contributed by atoms with E-state index < -0.39 is 35.4 Å². The minimum atomic E-state index is -1.04. The summed E-state index contributed by atoms with van der Waals surface area (Å²) >= 11 is 4.71. The van der Waals surface area contributed by atoms with E-state index in [1.807, 2.05) is 30.5 Å². The number of fused-ring (bicyclic) bond motifs is 1. The molecule has 0 spiro atoms. The van der Waals surface area contributed by atoms with Crippen molar-refractivity contribution in [3.63, 3.8) is 0 Å². The molecule has 2 amide bonds. The van der Waals surface area contributed by atoms with Crippen LogP contribution in [0.15, 0.2) is 69.2 Å². The fraction of sp³-hybridized carbons (Fsp3) is 0.300. The Labute approximate surface area is 270 Å². The van der Waals surface area contributed by atoms with Crippen molar-refractivity contribution < 1.29 is 28.7 Å². The summed E-state index contributed by atoms with van der Waals surface area (Å²) in [6.07, 6.45) is 3.06. The lowest BCUT2D eigenvalue weighted by atomic mass is 10.1. The SMILES string of the molecule is CCOC(=O)CC[C@H](NC(=O)c1ccc(NC(=O)Cn2cnc3c(c(SC)nn3-c3ccc(Br)cc3)c2=O)cc1)C(=O)OCC. The Morgan fingerprint density at radius 2 is 1.69 bits per heavy atom. The van der Waals surface area contributed by atoms with Crippen LogP contribution in [0.1, 0.15) is 37.0 Å². The summed E-state index contributed by atoms with van der Waals surface area (Å²) in [7, 11) is 0. The first-order valence-electron chi connectivity index (χ1n) is 14.0. The van der Waals surface area contributed by atoms with Crippen molar-refractivity contribution in [3.05, 3.63) is 75.2 Å². The number of carbonyl (C=O) groups is 4. The van der Waals surface area contributed by atoms with Gasteiger partial charge in [-0.1, -0.05) is 15.9 Å². The zero-order valence-corrected chi connectivity index (χ0v) is 27.1. The lowest BCUT2D eigenvalue weighted by Crippen LogP contribution is -2.42. The minimum Gasteiger partial charge on any atom is -0.466 e. The molecule has 2 aromatic carbocycles. The van der Waals surface area contributed by atoms with E-state index in [0.29, 0.717) is 21.7 Å². The van der Waals surface area contributed by atoms with Crippen LogP contribution in [0.5, 0.6) is 0 Å². The van der Waals surface area contributed by atoms with Gasteiger partial charge in [-0.2, -0.15) is 5.10 Å². The number of nitrogens with zero attached hydrogens (tertiary/aromatic N) is 4. The molecule has 0 aliphatic rings. The molecule has 1 atom stereocenters. The fourth-order valence-electron chi connectivity index (χ4n) is 4.32. The summed E-state index contributed by atoms with van der Waals surface area (Å²) in [5.41, 5.74) is 1.31. The van der Waals surface area contributed by atoms with Crippen molar-refractivity contribution in [2.75, 3.05) is 24.8 Å². The lowest BCUT2D eigenvalue weighted by Gasteiger charge is -2.17. The third kappa shape index (κ3) is 8.36. The van der Waals surface area contributed by atoms with Gasteiger partial charge < -0.3 is 20.1 Å². The van der Waals surface area contributed by atoms with Crippen molar-refractivity contribution in [2.24, 2.45) is 0 Å². The number of amides is 2. The summed E-state index contributed by atoms with van der Waals surface area (Å²) in [6.45, 7) is 3.33. The Hall–Kier alpha value is -4.50. The van der Waals surface area contributed by atoms with Crippen molar-refractivity contribution in [1.29, 1.82) is 0 Å². The molecule has 0 aliphatic carbocycles. The number of ether oxygens (including phenoxy) is 2. The predicted molar refractivity (Wildman–Crippen MR) is 171 cm³/mol. The standard InChI is InChI=1S/C30H31BrN6O7S/c1-4-43-24(39)15-14-22(30(42)44-5-2)34-27(40)18-6-10-20(11-7-18)33-23(38)16-36-17-32-26-25(29(36)41)28(45-3)35-37(26)21-12-8-19(31)9-13-21/h6-13,17,22H,4-5,14-16H2,1-3H3,(H,33,38)(H,34,40)/t22-/m0/s1. The number of hydrogen-bond acceptors (Lipinski definition) is 10. The number of carbonyl (C=O) groups excluding carboxylic acids is 4. The second-order valence-corrected chi connectivity index (χ2v) is 11.2. The van der Waals surface area contributed by atoms with Crippen LogP contribution in [-0.4, -0.2) is 68.6 Å². The van der Waals surface area contributed by atoms with E-state index in [0.717, 1.165) is 10.2 Å². The van der Waals surface area contributed by atoms with Crippen LogP contribution in [0.4, 0.5) is 5.69 Å². The topological polar surface area (TPSA) is 164 Å². The lowest BCUT2D eigenvalue weighted by molar-refractivity contribution is -0.146. The maximum Gasteiger partial charge on any atom is 0.328 e. The molecular formula is C30H31BrN6O7S. The van der Waals surface area contributed by atoms with E-state index in [2.05, 4.69) is 36.6 Å². The zero-order valence-electron chi connectivity index (χ0n) is 24.7. The number of rotatable bonds is 13. The Balaban J connectivity index is 1.43. The normalized spacial score (nSPS) is 11.6. The van der Waals surface area contributed by atoms with E-state index >= 15 is 0 Å². The van der Waals surface area contributed by atoms with Crippen LogP contribution in [0, 0.1) is 0 Å². The van der Waals surface area contributed by atoms with Gasteiger partial charge in [0.25, 0.3) is 11.5 Å². The molecule has 0 saturated heterocycles. The molecule has 0 aliphatic heterocycles. The molecule has 2 aromatic heterocycles. The first-order valence-corrected chi connectivity index (χ1v) is 16.0. The highest BCUT2D eigenvalue weighted by Gasteiger charge is 2.24. The largest absolute Gasteiger partial charge is 0.466 e. The number of nitrogens with one attached hydrogen (secondary N) is 2. The molecule has 4 rings (SSSR count). The van der Waals surface area contributed by atoms with E-state index in [1.165, 1.54) is 46.9 Å². The quantitative estimate of drug-likeness (QED) is 0.155. The predicted octanol–water partition coefficient (Wildman–Crippen LogP) is 3.71. The second-order valence-electron chi connectivity index (χ2n) is 9.52. The Kier molecular flexibility index (Phi) is 11.5. The van der Waals surface area contributed by atoms with Crippen LogP contribution in [0.3, 0.4) is 0 Å². The molecule has 2 N–H and O–H groups in total. The number of benzene rings is 2. The van der Waals surface area contributed by atoms with E-state index in [-0.39, 0.29) is 38.2 Å². The highest BCUT2D eigenvalue weighted by Crippen LogP contribution is 2.25. The average molecular weight is 700 g/mol. The molecule has 0 radical (unpaired) electrons. The molecule has 4 aromatic rings. The Morgan fingerprint density at radius 3 is 2.33 bits per heavy atom. The van der Waals surface area contributed by atoms with Gasteiger partial charge >= 0.3 is 11.9 Å². The van der Waals surface area contributed by atoms with Crippen LogP contribution in [-0.2, 0) is 30.4 Å². The number of thioether (sulfide) groups is 1. The summed E-state index contributed by atoms with van der Waals surface area (Å²) in [5, 5.41) is 10.6. The van der Waals surface area contributed by atoms with E-state index in [4.69, 9.17) is 9.47 Å². The number of halogens is 1. The molecule has 0 saturated carbocycles. The number of anilines is 1. The molecule has 0 unspecified atom stereocenters. The van der Waals surface area contributed by atoms with Gasteiger partial charge in [0, 0.05) is 22.1 Å². The van der Waals surface area contributed by atoms with Crippen molar-refractivity contribution in [1.82, 2.24) is 24.6 Å². The smallest absolute Gasteiger partial charge is 0.328 e. The van der Waals surface area contributed by atoms with Gasteiger partial charge in [-0.3, -0.25) is 23.7 Å². The number of esters is 2. The van der Waals surface area contributed by atoms with Crippen molar-refractivity contribution in [2.45, 2.75) is 44.3 Å².